The molecule has 72 valence electrons. The van der Waals surface area contributed by atoms with Gasteiger partial charge in [0.1, 0.15) is 0 Å². The number of unbranched alkanes of at least 4 members (excludes halogenated alkanes) is 1. The second kappa shape index (κ2) is 4.88. The predicted molar refractivity (Wildman–Crippen MR) is 59.8 cm³/mol. The van der Waals surface area contributed by atoms with E-state index < -0.39 is 0 Å². The summed E-state index contributed by atoms with van der Waals surface area (Å²) in [5.41, 5.74) is 2.21. The van der Waals surface area contributed by atoms with Gasteiger partial charge >= 0.3 is 0 Å². The van der Waals surface area contributed by atoms with E-state index >= 15 is 0 Å². The summed E-state index contributed by atoms with van der Waals surface area (Å²) in [6.45, 7) is 4.17. The SMILES string of the molecule is CCCCc1c(Cl)ccc(C)c1Cl. The molecule has 0 saturated heterocycles. The monoisotopic (exact) mass is 216 g/mol. The lowest BCUT2D eigenvalue weighted by molar-refractivity contribution is 0.795. The van der Waals surface area contributed by atoms with Gasteiger partial charge in [-0.1, -0.05) is 42.6 Å². The maximum absolute atomic E-state index is 6.15. The standard InChI is InChI=1S/C11H14Cl2/c1-3-4-5-9-10(12)7-6-8(2)11(9)13/h6-7H,3-5H2,1-2H3. The summed E-state index contributed by atoms with van der Waals surface area (Å²) in [4.78, 5) is 0. The van der Waals surface area contributed by atoms with Crippen molar-refractivity contribution in [2.24, 2.45) is 0 Å². The third-order valence-corrected chi connectivity index (χ3v) is 3.04. The second-order valence-electron chi connectivity index (χ2n) is 3.26. The quantitative estimate of drug-likeness (QED) is 0.691. The van der Waals surface area contributed by atoms with E-state index in [1.807, 2.05) is 19.1 Å². The Morgan fingerprint density at radius 3 is 2.54 bits per heavy atom. The number of rotatable bonds is 3. The van der Waals surface area contributed by atoms with Gasteiger partial charge in [-0.25, -0.2) is 0 Å². The zero-order valence-electron chi connectivity index (χ0n) is 8.03. The van der Waals surface area contributed by atoms with E-state index in [2.05, 4.69) is 6.92 Å². The first-order valence-electron chi connectivity index (χ1n) is 4.60. The Labute approximate surface area is 89.9 Å². The zero-order valence-corrected chi connectivity index (χ0v) is 9.54. The van der Waals surface area contributed by atoms with Gasteiger partial charge in [-0.05, 0) is 37.0 Å². The van der Waals surface area contributed by atoms with Crippen LogP contribution in [0.15, 0.2) is 12.1 Å². The molecule has 0 aliphatic heterocycles. The minimum absolute atomic E-state index is 0.795. The molecule has 0 radical (unpaired) electrons. The summed E-state index contributed by atoms with van der Waals surface area (Å²) >= 11 is 12.2. The molecule has 0 aliphatic carbocycles. The molecule has 0 spiro atoms. The molecule has 1 rings (SSSR count). The summed E-state index contributed by atoms with van der Waals surface area (Å²) in [6.07, 6.45) is 3.29. The lowest BCUT2D eigenvalue weighted by atomic mass is 10.1. The minimum Gasteiger partial charge on any atom is -0.0840 e. The van der Waals surface area contributed by atoms with Crippen LogP contribution < -0.4 is 0 Å². The highest BCUT2D eigenvalue weighted by Gasteiger charge is 2.06. The van der Waals surface area contributed by atoms with Gasteiger partial charge in [-0.2, -0.15) is 0 Å². The van der Waals surface area contributed by atoms with Crippen LogP contribution >= 0.6 is 23.2 Å². The summed E-state index contributed by atoms with van der Waals surface area (Å²) in [5.74, 6) is 0. The number of hydrogen-bond acceptors (Lipinski definition) is 0. The van der Waals surface area contributed by atoms with Crippen LogP contribution in [0.5, 0.6) is 0 Å². The Balaban J connectivity index is 2.96. The van der Waals surface area contributed by atoms with E-state index in [9.17, 15) is 0 Å². The first-order valence-corrected chi connectivity index (χ1v) is 5.36. The van der Waals surface area contributed by atoms with Gasteiger partial charge in [-0.15, -0.1) is 0 Å². The largest absolute Gasteiger partial charge is 0.0840 e. The van der Waals surface area contributed by atoms with Crippen LogP contribution in [0.1, 0.15) is 30.9 Å². The number of aryl methyl sites for hydroxylation is 1. The van der Waals surface area contributed by atoms with Gasteiger partial charge in [0.15, 0.2) is 0 Å². The van der Waals surface area contributed by atoms with Crippen molar-refractivity contribution in [2.75, 3.05) is 0 Å². The smallest absolute Gasteiger partial charge is 0.0482 e. The molecule has 0 nitrogen and oxygen atoms in total. The van der Waals surface area contributed by atoms with Crippen LogP contribution in [0.4, 0.5) is 0 Å². The van der Waals surface area contributed by atoms with Gasteiger partial charge in [0.25, 0.3) is 0 Å². The molecular formula is C11H14Cl2. The molecule has 0 N–H and O–H groups in total. The molecule has 0 amide bonds. The van der Waals surface area contributed by atoms with E-state index in [1.54, 1.807) is 0 Å². The average Bonchev–Trinajstić information content (AvgIpc) is 2.12. The van der Waals surface area contributed by atoms with Crippen LogP contribution in [0.3, 0.4) is 0 Å². The third-order valence-electron chi connectivity index (χ3n) is 2.16. The number of hydrogen-bond donors (Lipinski definition) is 0. The van der Waals surface area contributed by atoms with Crippen LogP contribution in [-0.2, 0) is 6.42 Å². The van der Waals surface area contributed by atoms with Crippen LogP contribution in [-0.4, -0.2) is 0 Å². The van der Waals surface area contributed by atoms with Crippen molar-refractivity contribution in [3.05, 3.63) is 33.3 Å². The summed E-state index contributed by atoms with van der Waals surface area (Å²) in [7, 11) is 0. The maximum Gasteiger partial charge on any atom is 0.0482 e. The molecule has 0 aliphatic rings. The predicted octanol–water partition coefficient (Wildman–Crippen LogP) is 4.64. The Morgan fingerprint density at radius 2 is 1.92 bits per heavy atom. The molecule has 2 heteroatoms. The van der Waals surface area contributed by atoms with E-state index in [4.69, 9.17) is 23.2 Å². The molecule has 0 fully saturated rings. The first kappa shape index (κ1) is 10.9. The second-order valence-corrected chi connectivity index (χ2v) is 4.05. The normalized spacial score (nSPS) is 10.5. The van der Waals surface area contributed by atoms with E-state index in [-0.39, 0.29) is 0 Å². The molecule has 0 heterocycles. The van der Waals surface area contributed by atoms with Crippen molar-refractivity contribution in [1.82, 2.24) is 0 Å². The molecule has 0 unspecified atom stereocenters. The Morgan fingerprint density at radius 1 is 1.23 bits per heavy atom. The Bertz CT molecular complexity index is 292. The third kappa shape index (κ3) is 2.62. The first-order chi connectivity index (χ1) is 6.16. The van der Waals surface area contributed by atoms with E-state index in [0.29, 0.717) is 0 Å². The average molecular weight is 217 g/mol. The molecule has 0 bridgehead atoms. The molecule has 1 aromatic carbocycles. The zero-order chi connectivity index (χ0) is 9.84. The fraction of sp³-hybridized carbons (Fsp3) is 0.455. The lowest BCUT2D eigenvalue weighted by Crippen LogP contribution is -1.90. The lowest BCUT2D eigenvalue weighted by Gasteiger charge is -2.08. The topological polar surface area (TPSA) is 0 Å². The van der Waals surface area contributed by atoms with Crippen molar-refractivity contribution in [1.29, 1.82) is 0 Å². The van der Waals surface area contributed by atoms with Gasteiger partial charge in [0.05, 0.1) is 0 Å². The van der Waals surface area contributed by atoms with Gasteiger partial charge in [-0.3, -0.25) is 0 Å². The van der Waals surface area contributed by atoms with Crippen molar-refractivity contribution < 1.29 is 0 Å². The molecule has 13 heavy (non-hydrogen) atoms. The Kier molecular flexibility index (Phi) is 4.08. The molecule has 0 saturated carbocycles. The van der Waals surface area contributed by atoms with Gasteiger partial charge in [0, 0.05) is 10.0 Å². The minimum atomic E-state index is 0.795. The molecule has 0 atom stereocenters. The summed E-state index contributed by atoms with van der Waals surface area (Å²) in [6, 6.07) is 3.88. The highest BCUT2D eigenvalue weighted by molar-refractivity contribution is 6.36. The van der Waals surface area contributed by atoms with Gasteiger partial charge < -0.3 is 0 Å². The van der Waals surface area contributed by atoms with Crippen molar-refractivity contribution >= 4 is 23.2 Å². The summed E-state index contributed by atoms with van der Waals surface area (Å²) < 4.78 is 0. The highest BCUT2D eigenvalue weighted by Crippen LogP contribution is 2.28. The van der Waals surface area contributed by atoms with Gasteiger partial charge in [0.2, 0.25) is 0 Å². The maximum atomic E-state index is 6.15. The fourth-order valence-corrected chi connectivity index (χ4v) is 1.86. The Hall–Kier alpha value is -0.200. The van der Waals surface area contributed by atoms with Crippen molar-refractivity contribution in [3.63, 3.8) is 0 Å². The molecule has 1 aromatic rings. The van der Waals surface area contributed by atoms with E-state index in [0.717, 1.165) is 34.0 Å². The van der Waals surface area contributed by atoms with Crippen LogP contribution in [0, 0.1) is 6.92 Å². The number of halogens is 2. The van der Waals surface area contributed by atoms with E-state index in [1.165, 1.54) is 6.42 Å². The highest BCUT2D eigenvalue weighted by atomic mass is 35.5. The van der Waals surface area contributed by atoms with Crippen LogP contribution in [0.2, 0.25) is 10.0 Å². The fourth-order valence-electron chi connectivity index (χ4n) is 1.30. The van der Waals surface area contributed by atoms with Crippen molar-refractivity contribution in [2.45, 2.75) is 33.1 Å². The summed E-state index contributed by atoms with van der Waals surface area (Å²) in [5, 5.41) is 1.63. The molecule has 0 aromatic heterocycles. The number of benzene rings is 1. The molecular weight excluding hydrogens is 203 g/mol. The van der Waals surface area contributed by atoms with Crippen LogP contribution in [0.25, 0.3) is 0 Å². The van der Waals surface area contributed by atoms with Crippen molar-refractivity contribution in [3.8, 4) is 0 Å².